The van der Waals surface area contributed by atoms with E-state index in [0.717, 1.165) is 25.7 Å². The Morgan fingerprint density at radius 1 is 1.19 bits per heavy atom. The van der Waals surface area contributed by atoms with E-state index in [1.54, 1.807) is 0 Å². The number of para-hydroxylation sites is 1. The monoisotopic (exact) mass is 505 g/mol. The lowest BCUT2D eigenvalue weighted by Gasteiger charge is -2.62. The Balaban J connectivity index is 1.21. The zero-order valence-corrected chi connectivity index (χ0v) is 23.3. The number of nitrogens with one attached hydrogen (secondary N) is 1. The molecule has 4 fully saturated rings. The first-order valence-electron chi connectivity index (χ1n) is 14.4. The van der Waals surface area contributed by atoms with Gasteiger partial charge in [-0.25, -0.2) is 0 Å². The van der Waals surface area contributed by atoms with Gasteiger partial charge < -0.3 is 24.3 Å². The van der Waals surface area contributed by atoms with Crippen LogP contribution in [-0.2, 0) is 26.0 Å². The minimum atomic E-state index is -0.682. The lowest BCUT2D eigenvalue weighted by molar-refractivity contribution is -0.232. The molecule has 0 radical (unpaired) electrons. The van der Waals surface area contributed by atoms with Crippen LogP contribution in [0.3, 0.4) is 0 Å². The molecule has 3 heterocycles. The average Bonchev–Trinajstić information content (AvgIpc) is 3.38. The van der Waals surface area contributed by atoms with Crippen molar-refractivity contribution in [3.8, 4) is 0 Å². The van der Waals surface area contributed by atoms with Crippen molar-refractivity contribution in [2.75, 3.05) is 6.61 Å². The van der Waals surface area contributed by atoms with Gasteiger partial charge in [-0.2, -0.15) is 0 Å². The number of allylic oxidation sites excluding steroid dienone is 1. The fourth-order valence-electron chi connectivity index (χ4n) is 9.47. The molecule has 2 N–H and O–H groups in total. The number of fused-ring (bicyclic) bond motifs is 7. The quantitative estimate of drug-likeness (QED) is 0.405. The molecule has 9 atom stereocenters. The van der Waals surface area contributed by atoms with Crippen LogP contribution in [0.5, 0.6) is 0 Å². The summed E-state index contributed by atoms with van der Waals surface area (Å²) < 4.78 is 19.7. The summed E-state index contributed by atoms with van der Waals surface area (Å²) in [6, 6.07) is 8.80. The van der Waals surface area contributed by atoms with Crippen LogP contribution in [0.2, 0.25) is 0 Å². The van der Waals surface area contributed by atoms with Gasteiger partial charge in [0.2, 0.25) is 0 Å². The highest BCUT2D eigenvalue weighted by molar-refractivity contribution is 5.86. The molecule has 2 aromatic rings. The molecule has 2 aliphatic heterocycles. The summed E-state index contributed by atoms with van der Waals surface area (Å²) in [4.78, 5) is 3.89. The Labute approximate surface area is 220 Å². The summed E-state index contributed by atoms with van der Waals surface area (Å²) in [6.45, 7) is 13.8. The SMILES string of the molecule is CC(C)=CCOC(C)(C)[C@H]1O[C@H]2CC[C@@]3(C)C(CC[C@H]4Cc5c([nH]c6ccccc56)[C@@]43C)C23O[C@@H]3[C@@H]1O. The number of hydrogen-bond donors (Lipinski definition) is 2. The Hall–Kier alpha value is -1.66. The van der Waals surface area contributed by atoms with Crippen molar-refractivity contribution < 1.29 is 19.3 Å². The van der Waals surface area contributed by atoms with Crippen molar-refractivity contribution in [2.45, 2.75) is 115 Å². The summed E-state index contributed by atoms with van der Waals surface area (Å²) in [5.41, 5.74) is 4.66. The van der Waals surface area contributed by atoms with E-state index < -0.39 is 17.8 Å². The predicted molar refractivity (Wildman–Crippen MR) is 145 cm³/mol. The number of rotatable bonds is 4. The van der Waals surface area contributed by atoms with Gasteiger partial charge in [0.1, 0.15) is 23.9 Å². The maximum absolute atomic E-state index is 11.6. The van der Waals surface area contributed by atoms with E-state index in [9.17, 15) is 5.11 Å². The highest BCUT2D eigenvalue weighted by Gasteiger charge is 2.80. The van der Waals surface area contributed by atoms with E-state index in [1.165, 1.54) is 34.2 Å². The number of aliphatic hydroxyl groups is 1. The zero-order chi connectivity index (χ0) is 26.0. The number of hydrogen-bond acceptors (Lipinski definition) is 4. The zero-order valence-electron chi connectivity index (χ0n) is 23.3. The van der Waals surface area contributed by atoms with Crippen LogP contribution in [0.25, 0.3) is 10.9 Å². The summed E-state index contributed by atoms with van der Waals surface area (Å²) in [5.74, 6) is 1.02. The van der Waals surface area contributed by atoms with Crippen molar-refractivity contribution in [1.29, 1.82) is 0 Å². The number of epoxide rings is 1. The number of aromatic amines is 1. The molecule has 37 heavy (non-hydrogen) atoms. The normalized spacial score (nSPS) is 43.9. The highest BCUT2D eigenvalue weighted by Crippen LogP contribution is 2.73. The molecule has 5 heteroatoms. The van der Waals surface area contributed by atoms with Crippen LogP contribution >= 0.6 is 0 Å². The van der Waals surface area contributed by atoms with Crippen molar-refractivity contribution in [2.24, 2.45) is 17.3 Å². The number of aliphatic hydroxyl groups excluding tert-OH is 1. The number of aromatic nitrogens is 1. The standard InChI is InChI=1S/C32H43NO4/c1-18(2)14-16-35-29(3,4)27-25(34)28-32(37-28)23-12-11-19-17-21-20-9-7-8-10-22(20)33-26(21)31(19,6)30(23,5)15-13-24(32)36-27/h7-10,14,19,23-25,27-28,33-34H,11-13,15-17H2,1-6H3/t19-,23?,24-,25+,27-,28+,30-,31+,32?/m0/s1. The van der Waals surface area contributed by atoms with Crippen molar-refractivity contribution >= 4 is 10.9 Å². The molecule has 200 valence electrons. The summed E-state index contributed by atoms with van der Waals surface area (Å²) in [7, 11) is 0. The van der Waals surface area contributed by atoms with Gasteiger partial charge in [0.15, 0.2) is 0 Å². The van der Waals surface area contributed by atoms with Crippen molar-refractivity contribution in [3.63, 3.8) is 0 Å². The first-order valence-corrected chi connectivity index (χ1v) is 14.4. The van der Waals surface area contributed by atoms with Crippen LogP contribution in [0.15, 0.2) is 35.9 Å². The molecular weight excluding hydrogens is 462 g/mol. The number of benzene rings is 1. The smallest absolute Gasteiger partial charge is 0.127 e. The molecule has 3 aliphatic carbocycles. The van der Waals surface area contributed by atoms with Gasteiger partial charge in [0, 0.05) is 22.0 Å². The van der Waals surface area contributed by atoms with Gasteiger partial charge >= 0.3 is 0 Å². The van der Waals surface area contributed by atoms with E-state index in [1.807, 2.05) is 13.8 Å². The third-order valence-electron chi connectivity index (χ3n) is 11.6. The molecule has 1 aromatic carbocycles. The minimum absolute atomic E-state index is 0.0130. The largest absolute Gasteiger partial charge is 0.387 e. The number of ether oxygens (including phenoxy) is 3. The Morgan fingerprint density at radius 3 is 2.76 bits per heavy atom. The fraction of sp³-hybridized carbons (Fsp3) is 0.688. The van der Waals surface area contributed by atoms with E-state index in [0.29, 0.717) is 18.4 Å². The lowest BCUT2D eigenvalue weighted by Crippen LogP contribution is -2.68. The van der Waals surface area contributed by atoms with Gasteiger partial charge in [-0.15, -0.1) is 0 Å². The maximum atomic E-state index is 11.6. The Morgan fingerprint density at radius 2 is 1.97 bits per heavy atom. The second-order valence-electron chi connectivity index (χ2n) is 13.8. The highest BCUT2D eigenvalue weighted by atomic mass is 16.7. The van der Waals surface area contributed by atoms with E-state index in [2.05, 4.69) is 63.0 Å². The number of H-pyrrole nitrogens is 1. The molecule has 7 rings (SSSR count). The average molecular weight is 506 g/mol. The Kier molecular flexibility index (Phi) is 5.08. The van der Waals surface area contributed by atoms with Gasteiger partial charge in [0.25, 0.3) is 0 Å². The summed E-state index contributed by atoms with van der Waals surface area (Å²) in [6.07, 6.45) is 6.44. The van der Waals surface area contributed by atoms with Crippen LogP contribution in [0.4, 0.5) is 0 Å². The molecule has 2 saturated carbocycles. The minimum Gasteiger partial charge on any atom is -0.387 e. The summed E-state index contributed by atoms with van der Waals surface area (Å²) in [5, 5.41) is 13.0. The molecule has 0 bridgehead atoms. The van der Waals surface area contributed by atoms with Gasteiger partial charge in [-0.3, -0.25) is 0 Å². The topological polar surface area (TPSA) is 67.0 Å². The molecule has 1 spiro atoms. The second kappa shape index (κ2) is 7.71. The van der Waals surface area contributed by atoms with Crippen molar-refractivity contribution in [3.05, 3.63) is 47.2 Å². The van der Waals surface area contributed by atoms with Crippen LogP contribution in [0.1, 0.15) is 78.5 Å². The fourth-order valence-corrected chi connectivity index (χ4v) is 9.47. The predicted octanol–water partition coefficient (Wildman–Crippen LogP) is 5.84. The first kappa shape index (κ1) is 24.4. The maximum Gasteiger partial charge on any atom is 0.127 e. The molecular formula is C32H43NO4. The lowest BCUT2D eigenvalue weighted by atomic mass is 9.43. The summed E-state index contributed by atoms with van der Waals surface area (Å²) >= 11 is 0. The molecule has 0 amide bonds. The first-order chi connectivity index (χ1) is 17.5. The van der Waals surface area contributed by atoms with E-state index >= 15 is 0 Å². The van der Waals surface area contributed by atoms with Crippen molar-refractivity contribution in [1.82, 2.24) is 4.98 Å². The van der Waals surface area contributed by atoms with Gasteiger partial charge in [-0.05, 0) is 88.7 Å². The second-order valence-corrected chi connectivity index (χ2v) is 13.8. The van der Waals surface area contributed by atoms with Gasteiger partial charge in [-0.1, -0.05) is 43.7 Å². The molecule has 2 unspecified atom stereocenters. The third-order valence-corrected chi connectivity index (χ3v) is 11.6. The molecule has 1 aromatic heterocycles. The molecule has 5 nitrogen and oxygen atoms in total. The third kappa shape index (κ3) is 3.00. The van der Waals surface area contributed by atoms with Crippen LogP contribution < -0.4 is 0 Å². The van der Waals surface area contributed by atoms with E-state index in [4.69, 9.17) is 14.2 Å². The van der Waals surface area contributed by atoms with Crippen LogP contribution in [-0.4, -0.2) is 52.3 Å². The Bertz CT molecular complexity index is 1270. The van der Waals surface area contributed by atoms with Gasteiger partial charge in [0.05, 0.1) is 18.3 Å². The van der Waals surface area contributed by atoms with E-state index in [-0.39, 0.29) is 28.6 Å². The molecule has 2 saturated heterocycles. The molecule has 5 aliphatic rings. The van der Waals surface area contributed by atoms with Crippen LogP contribution in [0, 0.1) is 17.3 Å².